The van der Waals surface area contributed by atoms with Gasteiger partial charge in [0.1, 0.15) is 5.65 Å². The first-order valence-electron chi connectivity index (χ1n) is 5.65. The first kappa shape index (κ1) is 9.66. The summed E-state index contributed by atoms with van der Waals surface area (Å²) in [5, 5.41) is 0. The zero-order valence-corrected chi connectivity index (χ0v) is 9.10. The standard InChI is InChI=1S/C12H15N3O/c13-10-1-2-12-14-11(8-15(12)7-10)9-3-5-16-6-4-9/h1-2,7-9H,3-6,13H2. The number of nitrogens with zero attached hydrogens (tertiary/aromatic N) is 2. The van der Waals surface area contributed by atoms with E-state index >= 15 is 0 Å². The summed E-state index contributed by atoms with van der Waals surface area (Å²) in [5.74, 6) is 0.537. The van der Waals surface area contributed by atoms with Gasteiger partial charge in [-0.2, -0.15) is 0 Å². The Morgan fingerprint density at radius 2 is 2.06 bits per heavy atom. The highest BCUT2D eigenvalue weighted by atomic mass is 16.5. The van der Waals surface area contributed by atoms with Crippen LogP contribution in [-0.2, 0) is 4.74 Å². The average Bonchev–Trinajstić information content (AvgIpc) is 2.73. The van der Waals surface area contributed by atoms with E-state index in [1.165, 1.54) is 0 Å². The lowest BCUT2D eigenvalue weighted by atomic mass is 9.97. The molecule has 2 aromatic heterocycles. The number of hydrogen-bond acceptors (Lipinski definition) is 3. The Labute approximate surface area is 94.0 Å². The SMILES string of the molecule is Nc1ccc2nc(C3CCOCC3)cn2c1. The lowest BCUT2D eigenvalue weighted by Gasteiger charge is -2.19. The number of hydrogen-bond donors (Lipinski definition) is 1. The van der Waals surface area contributed by atoms with Crippen molar-refractivity contribution in [3.8, 4) is 0 Å². The summed E-state index contributed by atoms with van der Waals surface area (Å²) >= 11 is 0. The number of ether oxygens (including phenoxy) is 1. The highest BCUT2D eigenvalue weighted by Gasteiger charge is 2.18. The van der Waals surface area contributed by atoms with E-state index in [2.05, 4.69) is 11.2 Å². The van der Waals surface area contributed by atoms with Crippen molar-refractivity contribution in [2.24, 2.45) is 0 Å². The molecule has 0 bridgehead atoms. The maximum Gasteiger partial charge on any atom is 0.137 e. The summed E-state index contributed by atoms with van der Waals surface area (Å²) in [5.41, 5.74) is 8.64. The Hall–Kier alpha value is -1.55. The van der Waals surface area contributed by atoms with Crippen molar-refractivity contribution in [2.75, 3.05) is 18.9 Å². The number of nitrogens with two attached hydrogens (primary N) is 1. The minimum absolute atomic E-state index is 0.537. The molecule has 2 N–H and O–H groups in total. The third kappa shape index (κ3) is 1.65. The topological polar surface area (TPSA) is 52.5 Å². The van der Waals surface area contributed by atoms with Crippen LogP contribution in [0.15, 0.2) is 24.5 Å². The minimum Gasteiger partial charge on any atom is -0.398 e. The molecule has 0 amide bonds. The van der Waals surface area contributed by atoms with Crippen LogP contribution in [-0.4, -0.2) is 22.6 Å². The molecule has 2 aromatic rings. The average molecular weight is 217 g/mol. The predicted octanol–water partition coefficient (Wildman–Crippen LogP) is 1.81. The van der Waals surface area contributed by atoms with Crippen LogP contribution < -0.4 is 5.73 Å². The van der Waals surface area contributed by atoms with Gasteiger partial charge >= 0.3 is 0 Å². The molecule has 0 unspecified atom stereocenters. The van der Waals surface area contributed by atoms with E-state index in [1.54, 1.807) is 0 Å². The van der Waals surface area contributed by atoms with E-state index in [1.807, 2.05) is 22.7 Å². The van der Waals surface area contributed by atoms with Gasteiger partial charge in [-0.1, -0.05) is 0 Å². The molecule has 0 saturated carbocycles. The highest BCUT2D eigenvalue weighted by Crippen LogP contribution is 2.26. The van der Waals surface area contributed by atoms with Gasteiger partial charge in [0.05, 0.1) is 5.69 Å². The van der Waals surface area contributed by atoms with Crippen molar-refractivity contribution in [1.82, 2.24) is 9.38 Å². The summed E-state index contributed by atoms with van der Waals surface area (Å²) in [7, 11) is 0. The summed E-state index contributed by atoms with van der Waals surface area (Å²) in [6, 6.07) is 3.84. The van der Waals surface area contributed by atoms with Crippen LogP contribution in [0.4, 0.5) is 5.69 Å². The van der Waals surface area contributed by atoms with Crippen LogP contribution >= 0.6 is 0 Å². The predicted molar refractivity (Wildman–Crippen MR) is 62.4 cm³/mol. The number of pyridine rings is 1. The molecule has 84 valence electrons. The number of imidazole rings is 1. The second-order valence-corrected chi connectivity index (χ2v) is 4.28. The van der Waals surface area contributed by atoms with E-state index in [0.29, 0.717) is 5.92 Å². The fourth-order valence-corrected chi connectivity index (χ4v) is 2.22. The van der Waals surface area contributed by atoms with E-state index < -0.39 is 0 Å². The van der Waals surface area contributed by atoms with Crippen molar-refractivity contribution in [3.63, 3.8) is 0 Å². The molecule has 16 heavy (non-hydrogen) atoms. The van der Waals surface area contributed by atoms with Gasteiger partial charge in [-0.15, -0.1) is 0 Å². The van der Waals surface area contributed by atoms with Gasteiger partial charge in [0, 0.05) is 37.2 Å². The van der Waals surface area contributed by atoms with Crippen molar-refractivity contribution in [1.29, 1.82) is 0 Å². The molecule has 0 aromatic carbocycles. The van der Waals surface area contributed by atoms with Gasteiger partial charge in [0.25, 0.3) is 0 Å². The molecule has 0 spiro atoms. The van der Waals surface area contributed by atoms with Gasteiger partial charge in [0.15, 0.2) is 0 Å². The number of anilines is 1. The molecule has 4 nitrogen and oxygen atoms in total. The van der Waals surface area contributed by atoms with Crippen LogP contribution in [0.5, 0.6) is 0 Å². The van der Waals surface area contributed by atoms with E-state index in [9.17, 15) is 0 Å². The number of nitrogen functional groups attached to an aromatic ring is 1. The van der Waals surface area contributed by atoms with Crippen LogP contribution in [0, 0.1) is 0 Å². The lowest BCUT2D eigenvalue weighted by molar-refractivity contribution is 0.0846. The Morgan fingerprint density at radius 1 is 1.25 bits per heavy atom. The molecule has 0 radical (unpaired) electrons. The zero-order valence-electron chi connectivity index (χ0n) is 9.10. The van der Waals surface area contributed by atoms with Crippen LogP contribution in [0.25, 0.3) is 5.65 Å². The number of fused-ring (bicyclic) bond motifs is 1. The Morgan fingerprint density at radius 3 is 2.88 bits per heavy atom. The molecular weight excluding hydrogens is 202 g/mol. The van der Waals surface area contributed by atoms with Gasteiger partial charge in [0.2, 0.25) is 0 Å². The van der Waals surface area contributed by atoms with Crippen molar-refractivity contribution in [2.45, 2.75) is 18.8 Å². The summed E-state index contributed by atoms with van der Waals surface area (Å²) in [4.78, 5) is 4.63. The van der Waals surface area contributed by atoms with Crippen LogP contribution in [0.2, 0.25) is 0 Å². The Kier molecular flexibility index (Phi) is 2.29. The van der Waals surface area contributed by atoms with Gasteiger partial charge in [-0.3, -0.25) is 0 Å². The second kappa shape index (κ2) is 3.79. The number of aromatic nitrogens is 2. The van der Waals surface area contributed by atoms with Crippen LogP contribution in [0.3, 0.4) is 0 Å². The van der Waals surface area contributed by atoms with Crippen LogP contribution in [0.1, 0.15) is 24.5 Å². The zero-order chi connectivity index (χ0) is 11.0. The lowest BCUT2D eigenvalue weighted by Crippen LogP contribution is -2.14. The molecule has 0 aliphatic carbocycles. The maximum atomic E-state index is 5.74. The molecule has 4 heteroatoms. The fourth-order valence-electron chi connectivity index (χ4n) is 2.22. The van der Waals surface area contributed by atoms with E-state index in [0.717, 1.165) is 43.1 Å². The van der Waals surface area contributed by atoms with Gasteiger partial charge in [-0.25, -0.2) is 4.98 Å². The maximum absolute atomic E-state index is 5.74. The first-order chi connectivity index (χ1) is 7.83. The number of rotatable bonds is 1. The minimum atomic E-state index is 0.537. The van der Waals surface area contributed by atoms with E-state index in [4.69, 9.17) is 10.5 Å². The molecule has 1 aliphatic rings. The Balaban J connectivity index is 1.97. The third-order valence-electron chi connectivity index (χ3n) is 3.13. The molecule has 0 atom stereocenters. The van der Waals surface area contributed by atoms with Gasteiger partial charge < -0.3 is 14.9 Å². The molecule has 3 rings (SSSR count). The highest BCUT2D eigenvalue weighted by molar-refractivity contribution is 5.48. The fraction of sp³-hybridized carbons (Fsp3) is 0.417. The van der Waals surface area contributed by atoms with Gasteiger partial charge in [-0.05, 0) is 25.0 Å². The molecule has 1 saturated heterocycles. The Bertz CT molecular complexity index is 500. The summed E-state index contributed by atoms with van der Waals surface area (Å²) in [6.45, 7) is 1.70. The molecule has 3 heterocycles. The molecule has 1 aliphatic heterocycles. The van der Waals surface area contributed by atoms with Crippen molar-refractivity contribution < 1.29 is 4.74 Å². The monoisotopic (exact) mass is 217 g/mol. The summed E-state index contributed by atoms with van der Waals surface area (Å²) in [6.07, 6.45) is 6.13. The second-order valence-electron chi connectivity index (χ2n) is 4.28. The third-order valence-corrected chi connectivity index (χ3v) is 3.13. The molecular formula is C12H15N3O. The quantitative estimate of drug-likeness (QED) is 0.792. The smallest absolute Gasteiger partial charge is 0.137 e. The largest absolute Gasteiger partial charge is 0.398 e. The van der Waals surface area contributed by atoms with Crippen molar-refractivity contribution in [3.05, 3.63) is 30.2 Å². The normalized spacial score (nSPS) is 18.0. The van der Waals surface area contributed by atoms with Crippen molar-refractivity contribution >= 4 is 11.3 Å². The molecule has 1 fully saturated rings. The first-order valence-corrected chi connectivity index (χ1v) is 5.65. The van der Waals surface area contributed by atoms with E-state index in [-0.39, 0.29) is 0 Å². The summed E-state index contributed by atoms with van der Waals surface area (Å²) < 4.78 is 7.36.